The Bertz CT molecular complexity index is 1060. The minimum absolute atomic E-state index is 0.0608. The molecule has 4 rings (SSSR count). The monoisotopic (exact) mass is 418 g/mol. The van der Waals surface area contributed by atoms with E-state index in [0.717, 1.165) is 12.0 Å². The van der Waals surface area contributed by atoms with Crippen LogP contribution in [0.4, 0.5) is 10.1 Å². The van der Waals surface area contributed by atoms with Gasteiger partial charge in [-0.05, 0) is 62.6 Å². The van der Waals surface area contributed by atoms with Crippen LogP contribution in [0, 0.1) is 12.7 Å². The van der Waals surface area contributed by atoms with Gasteiger partial charge in [0.25, 0.3) is 5.91 Å². The Morgan fingerprint density at radius 2 is 1.96 bits per heavy atom. The first-order chi connectivity index (χ1) is 13.4. The molecule has 1 aliphatic rings. The maximum atomic E-state index is 13.7. The van der Waals surface area contributed by atoms with Crippen LogP contribution in [0.3, 0.4) is 0 Å². The van der Waals surface area contributed by atoms with Crippen LogP contribution in [0.2, 0.25) is 10.0 Å². The Hall–Kier alpha value is -2.37. The number of amides is 1. The van der Waals surface area contributed by atoms with E-state index in [0.29, 0.717) is 44.7 Å². The van der Waals surface area contributed by atoms with Crippen LogP contribution in [0.25, 0.3) is 11.3 Å². The first-order valence-corrected chi connectivity index (χ1v) is 9.66. The summed E-state index contributed by atoms with van der Waals surface area (Å²) in [5.41, 5.74) is 2.56. The van der Waals surface area contributed by atoms with Crippen LogP contribution in [-0.2, 0) is 6.42 Å². The van der Waals surface area contributed by atoms with Gasteiger partial charge in [0.15, 0.2) is 0 Å². The molecule has 2 heterocycles. The number of aromatic nitrogens is 1. The van der Waals surface area contributed by atoms with Crippen molar-refractivity contribution in [3.05, 3.63) is 69.1 Å². The third kappa shape index (κ3) is 3.09. The molecule has 1 atom stereocenters. The van der Waals surface area contributed by atoms with E-state index in [-0.39, 0.29) is 17.8 Å². The summed E-state index contributed by atoms with van der Waals surface area (Å²) in [6.45, 7) is 3.64. The molecular weight excluding hydrogens is 402 g/mol. The molecule has 1 aliphatic heterocycles. The number of benzene rings is 2. The van der Waals surface area contributed by atoms with Crippen molar-refractivity contribution in [2.45, 2.75) is 32.7 Å². The lowest BCUT2D eigenvalue weighted by atomic mass is 9.95. The quantitative estimate of drug-likeness (QED) is 0.506. The Morgan fingerprint density at radius 3 is 2.68 bits per heavy atom. The molecule has 0 fully saturated rings. The maximum Gasteiger partial charge on any atom is 0.264 e. The summed E-state index contributed by atoms with van der Waals surface area (Å²) in [4.78, 5) is 15.3. The molecule has 144 valence electrons. The van der Waals surface area contributed by atoms with Crippen molar-refractivity contribution >= 4 is 34.8 Å². The van der Waals surface area contributed by atoms with Gasteiger partial charge in [-0.15, -0.1) is 0 Å². The number of anilines is 1. The molecule has 1 amide bonds. The number of halogens is 3. The number of carbonyl (C=O) groups is 1. The zero-order valence-electron chi connectivity index (χ0n) is 15.3. The van der Waals surface area contributed by atoms with Crippen molar-refractivity contribution in [2.24, 2.45) is 0 Å². The average molecular weight is 419 g/mol. The molecule has 0 saturated carbocycles. The van der Waals surface area contributed by atoms with Crippen LogP contribution in [-0.4, -0.2) is 17.1 Å². The maximum absolute atomic E-state index is 13.7. The number of fused-ring (bicyclic) bond motifs is 1. The molecule has 0 saturated heterocycles. The molecular formula is C21H17Cl2FN2O2. The first-order valence-electron chi connectivity index (χ1n) is 8.91. The van der Waals surface area contributed by atoms with E-state index in [4.69, 9.17) is 27.7 Å². The molecule has 2 aromatic carbocycles. The molecule has 0 aliphatic carbocycles. The summed E-state index contributed by atoms with van der Waals surface area (Å²) in [5.74, 6) is -0.215. The lowest BCUT2D eigenvalue weighted by Crippen LogP contribution is -2.42. The second-order valence-electron chi connectivity index (χ2n) is 6.89. The summed E-state index contributed by atoms with van der Waals surface area (Å²) >= 11 is 12.7. The molecule has 0 bridgehead atoms. The highest BCUT2D eigenvalue weighted by atomic mass is 35.5. The van der Waals surface area contributed by atoms with E-state index in [1.165, 1.54) is 12.1 Å². The lowest BCUT2D eigenvalue weighted by molar-refractivity contribution is 0.0974. The fourth-order valence-electron chi connectivity index (χ4n) is 3.67. The second kappa shape index (κ2) is 7.22. The average Bonchev–Trinajstić information content (AvgIpc) is 3.02. The van der Waals surface area contributed by atoms with Crippen LogP contribution in [0.5, 0.6) is 0 Å². The molecule has 0 spiro atoms. The summed E-state index contributed by atoms with van der Waals surface area (Å²) in [6, 6.07) is 9.51. The molecule has 3 aromatic rings. The third-order valence-corrected chi connectivity index (χ3v) is 5.70. The van der Waals surface area contributed by atoms with E-state index in [2.05, 4.69) is 5.16 Å². The summed E-state index contributed by atoms with van der Waals surface area (Å²) in [6.07, 6.45) is 1.44. The first kappa shape index (κ1) is 19.0. The SMILES string of the molecule is Cc1onc(-c2c(Cl)cccc2Cl)c1C(=O)N1c2ccc(F)cc2CC[C@H]1C. The Kier molecular flexibility index (Phi) is 4.89. The molecule has 28 heavy (non-hydrogen) atoms. The van der Waals surface area contributed by atoms with Crippen LogP contribution in [0.15, 0.2) is 40.9 Å². The molecule has 7 heteroatoms. The zero-order valence-corrected chi connectivity index (χ0v) is 16.8. The minimum atomic E-state index is -0.314. The van der Waals surface area contributed by atoms with Crippen LogP contribution >= 0.6 is 23.2 Å². The van der Waals surface area contributed by atoms with E-state index >= 15 is 0 Å². The third-order valence-electron chi connectivity index (χ3n) is 5.07. The fourth-order valence-corrected chi connectivity index (χ4v) is 4.25. The number of rotatable bonds is 2. The van der Waals surface area contributed by atoms with Crippen molar-refractivity contribution in [1.29, 1.82) is 0 Å². The predicted molar refractivity (Wildman–Crippen MR) is 108 cm³/mol. The molecule has 0 radical (unpaired) electrons. The Morgan fingerprint density at radius 1 is 1.25 bits per heavy atom. The van der Waals surface area contributed by atoms with Crippen LogP contribution < -0.4 is 4.90 Å². The van der Waals surface area contributed by atoms with Gasteiger partial charge >= 0.3 is 0 Å². The Labute approximate surface area is 171 Å². The van der Waals surface area contributed by atoms with Gasteiger partial charge in [-0.3, -0.25) is 4.79 Å². The number of nitrogens with zero attached hydrogens (tertiary/aromatic N) is 2. The van der Waals surface area contributed by atoms with Gasteiger partial charge < -0.3 is 9.42 Å². The summed E-state index contributed by atoms with van der Waals surface area (Å²) in [5, 5.41) is 4.82. The van der Waals surface area contributed by atoms with E-state index in [1.54, 1.807) is 36.1 Å². The minimum Gasteiger partial charge on any atom is -0.360 e. The highest BCUT2D eigenvalue weighted by Gasteiger charge is 2.34. The van der Waals surface area contributed by atoms with Crippen molar-refractivity contribution in [3.63, 3.8) is 0 Å². The standard InChI is InChI=1S/C21H17Cl2FN2O2/c1-11-6-7-13-10-14(24)8-9-17(13)26(11)21(27)18-12(2)28-25-20(18)19-15(22)4-3-5-16(19)23/h3-5,8-11H,6-7H2,1-2H3/t11-/m1/s1. The topological polar surface area (TPSA) is 46.3 Å². The largest absolute Gasteiger partial charge is 0.360 e. The van der Waals surface area contributed by atoms with Gasteiger partial charge in [0.2, 0.25) is 0 Å². The molecule has 1 aromatic heterocycles. The number of hydrogen-bond acceptors (Lipinski definition) is 3. The van der Waals surface area contributed by atoms with Crippen molar-refractivity contribution in [1.82, 2.24) is 5.16 Å². The van der Waals surface area contributed by atoms with Gasteiger partial charge in [-0.1, -0.05) is 34.4 Å². The van der Waals surface area contributed by atoms with E-state index in [9.17, 15) is 9.18 Å². The molecule has 0 N–H and O–H groups in total. The zero-order chi connectivity index (χ0) is 20.0. The fraction of sp³-hybridized carbons (Fsp3) is 0.238. The smallest absolute Gasteiger partial charge is 0.264 e. The Balaban J connectivity index is 1.86. The number of hydrogen-bond donors (Lipinski definition) is 0. The van der Waals surface area contributed by atoms with Crippen molar-refractivity contribution < 1.29 is 13.7 Å². The van der Waals surface area contributed by atoms with Gasteiger partial charge in [-0.2, -0.15) is 0 Å². The lowest BCUT2D eigenvalue weighted by Gasteiger charge is -2.35. The van der Waals surface area contributed by atoms with E-state index in [1.807, 2.05) is 6.92 Å². The van der Waals surface area contributed by atoms with E-state index < -0.39 is 0 Å². The number of carbonyl (C=O) groups excluding carboxylic acids is 1. The number of aryl methyl sites for hydroxylation is 2. The van der Waals surface area contributed by atoms with Gasteiger partial charge in [0.1, 0.15) is 22.8 Å². The predicted octanol–water partition coefficient (Wildman–Crippen LogP) is 6.08. The second-order valence-corrected chi connectivity index (χ2v) is 7.71. The molecule has 0 unspecified atom stereocenters. The summed E-state index contributed by atoms with van der Waals surface area (Å²) < 4.78 is 19.0. The molecule has 4 nitrogen and oxygen atoms in total. The van der Waals surface area contributed by atoms with Gasteiger partial charge in [0, 0.05) is 17.3 Å². The normalized spacial score (nSPS) is 16.2. The van der Waals surface area contributed by atoms with Gasteiger partial charge in [-0.25, -0.2) is 4.39 Å². The highest BCUT2D eigenvalue weighted by molar-refractivity contribution is 6.39. The summed E-state index contributed by atoms with van der Waals surface area (Å²) in [7, 11) is 0. The van der Waals surface area contributed by atoms with Crippen molar-refractivity contribution in [3.8, 4) is 11.3 Å². The van der Waals surface area contributed by atoms with Crippen LogP contribution in [0.1, 0.15) is 35.0 Å². The van der Waals surface area contributed by atoms with Gasteiger partial charge in [0.05, 0.1) is 10.0 Å². The van der Waals surface area contributed by atoms with Crippen molar-refractivity contribution in [2.75, 3.05) is 4.90 Å². The highest BCUT2D eigenvalue weighted by Crippen LogP contribution is 2.39.